The number of nitrogens with one attached hydrogen (secondary N) is 2. The number of nitrogens with zero attached hydrogens (tertiary/aromatic N) is 1. The Morgan fingerprint density at radius 1 is 1.25 bits per heavy atom. The molecule has 0 saturated heterocycles. The summed E-state index contributed by atoms with van der Waals surface area (Å²) >= 11 is 0. The molecule has 7 heteroatoms. The normalized spacial score (nSPS) is 22.3. The van der Waals surface area contributed by atoms with Gasteiger partial charge in [0.25, 0.3) is 5.69 Å². The van der Waals surface area contributed by atoms with Crippen molar-refractivity contribution >= 4 is 17.1 Å². The highest BCUT2D eigenvalue weighted by molar-refractivity contribution is 5.63. The molecule has 0 amide bonds. The van der Waals surface area contributed by atoms with E-state index in [-0.39, 0.29) is 11.8 Å². The van der Waals surface area contributed by atoms with E-state index >= 15 is 0 Å². The molecule has 0 aliphatic heterocycles. The summed E-state index contributed by atoms with van der Waals surface area (Å²) in [5.41, 5.74) is 3.61. The summed E-state index contributed by atoms with van der Waals surface area (Å²) in [6, 6.07) is 4.63. The number of benzene rings is 1. The summed E-state index contributed by atoms with van der Waals surface area (Å²) < 4.78 is 0. The van der Waals surface area contributed by atoms with E-state index in [0.29, 0.717) is 17.3 Å². The number of hydrogen-bond donors (Lipinski definition) is 4. The molecule has 0 unspecified atom stereocenters. The standard InChI is InChI=1S/C13H20N4O3/c14-16-11-5-10(6-12(7-11)17(19)20)15-8-9-1-3-13(18)4-2-9/h5-7,9,13,15-16,18H,1-4,8,14H2. The van der Waals surface area contributed by atoms with Gasteiger partial charge in [-0.3, -0.25) is 16.0 Å². The first kappa shape index (κ1) is 14.5. The van der Waals surface area contributed by atoms with E-state index in [1.807, 2.05) is 0 Å². The second-order valence-corrected chi connectivity index (χ2v) is 5.23. The summed E-state index contributed by atoms with van der Waals surface area (Å²) in [5.74, 6) is 5.81. The number of aliphatic hydroxyl groups is 1. The fraction of sp³-hybridized carbons (Fsp3) is 0.538. The lowest BCUT2D eigenvalue weighted by atomic mass is 9.87. The van der Waals surface area contributed by atoms with Crippen molar-refractivity contribution in [2.75, 3.05) is 17.3 Å². The molecule has 7 nitrogen and oxygen atoms in total. The number of hydrazine groups is 1. The Kier molecular flexibility index (Phi) is 4.75. The van der Waals surface area contributed by atoms with Crippen LogP contribution in [0.1, 0.15) is 25.7 Å². The fourth-order valence-electron chi connectivity index (χ4n) is 2.51. The highest BCUT2D eigenvalue weighted by Gasteiger charge is 2.19. The van der Waals surface area contributed by atoms with Crippen molar-refractivity contribution in [2.24, 2.45) is 11.8 Å². The van der Waals surface area contributed by atoms with Crippen molar-refractivity contribution in [3.05, 3.63) is 28.3 Å². The van der Waals surface area contributed by atoms with E-state index in [1.54, 1.807) is 6.07 Å². The molecule has 0 aromatic heterocycles. The van der Waals surface area contributed by atoms with Crippen LogP contribution in [0.4, 0.5) is 17.1 Å². The largest absolute Gasteiger partial charge is 0.393 e. The summed E-state index contributed by atoms with van der Waals surface area (Å²) in [6.07, 6.45) is 3.45. The molecule has 20 heavy (non-hydrogen) atoms. The summed E-state index contributed by atoms with van der Waals surface area (Å²) in [6.45, 7) is 0.748. The van der Waals surface area contributed by atoms with Crippen LogP contribution >= 0.6 is 0 Å². The molecular weight excluding hydrogens is 260 g/mol. The molecule has 5 N–H and O–H groups in total. The molecule has 1 aliphatic rings. The number of hydrogen-bond acceptors (Lipinski definition) is 6. The van der Waals surface area contributed by atoms with Gasteiger partial charge in [-0.05, 0) is 37.7 Å². The van der Waals surface area contributed by atoms with Crippen LogP contribution in [-0.4, -0.2) is 22.7 Å². The van der Waals surface area contributed by atoms with Gasteiger partial charge in [-0.2, -0.15) is 0 Å². The van der Waals surface area contributed by atoms with Gasteiger partial charge in [0.15, 0.2) is 0 Å². The molecule has 1 aliphatic carbocycles. The molecule has 1 aromatic rings. The minimum atomic E-state index is -0.441. The Morgan fingerprint density at radius 3 is 2.50 bits per heavy atom. The zero-order valence-corrected chi connectivity index (χ0v) is 11.2. The first-order valence-electron chi connectivity index (χ1n) is 6.76. The van der Waals surface area contributed by atoms with E-state index < -0.39 is 4.92 Å². The van der Waals surface area contributed by atoms with Gasteiger partial charge >= 0.3 is 0 Å². The maximum Gasteiger partial charge on any atom is 0.273 e. The monoisotopic (exact) mass is 280 g/mol. The lowest BCUT2D eigenvalue weighted by molar-refractivity contribution is -0.384. The minimum Gasteiger partial charge on any atom is -0.393 e. The van der Waals surface area contributed by atoms with Crippen molar-refractivity contribution in [1.82, 2.24) is 0 Å². The molecule has 1 saturated carbocycles. The quantitative estimate of drug-likeness (QED) is 0.372. The van der Waals surface area contributed by atoms with Crippen molar-refractivity contribution in [3.63, 3.8) is 0 Å². The third-order valence-electron chi connectivity index (χ3n) is 3.71. The molecule has 0 atom stereocenters. The van der Waals surface area contributed by atoms with Crippen molar-refractivity contribution in [2.45, 2.75) is 31.8 Å². The molecule has 1 fully saturated rings. The molecular formula is C13H20N4O3. The molecule has 110 valence electrons. The predicted octanol–water partition coefficient (Wildman–Crippen LogP) is 1.84. The smallest absolute Gasteiger partial charge is 0.273 e. The lowest BCUT2D eigenvalue weighted by Gasteiger charge is -2.25. The van der Waals surface area contributed by atoms with Crippen LogP contribution in [0.2, 0.25) is 0 Å². The van der Waals surface area contributed by atoms with Gasteiger partial charge in [0.05, 0.1) is 16.7 Å². The van der Waals surface area contributed by atoms with Gasteiger partial charge in [-0.25, -0.2) is 0 Å². The van der Waals surface area contributed by atoms with Gasteiger partial charge in [-0.15, -0.1) is 0 Å². The summed E-state index contributed by atoms with van der Waals surface area (Å²) in [5, 5.41) is 23.5. The number of nitrogens with two attached hydrogens (primary N) is 1. The molecule has 0 bridgehead atoms. The van der Waals surface area contributed by atoms with E-state index in [1.165, 1.54) is 12.1 Å². The van der Waals surface area contributed by atoms with Gasteiger partial charge in [0, 0.05) is 24.4 Å². The van der Waals surface area contributed by atoms with Crippen LogP contribution < -0.4 is 16.6 Å². The Hall–Kier alpha value is -1.86. The average Bonchev–Trinajstić information content (AvgIpc) is 2.46. The number of nitrogen functional groups attached to an aromatic ring is 1. The zero-order valence-electron chi connectivity index (χ0n) is 11.2. The van der Waals surface area contributed by atoms with Crippen LogP contribution in [0.15, 0.2) is 18.2 Å². The van der Waals surface area contributed by atoms with Gasteiger partial charge < -0.3 is 15.8 Å². The molecule has 0 heterocycles. The van der Waals surface area contributed by atoms with E-state index in [4.69, 9.17) is 5.84 Å². The Morgan fingerprint density at radius 2 is 1.90 bits per heavy atom. The lowest BCUT2D eigenvalue weighted by Crippen LogP contribution is -2.23. The molecule has 0 radical (unpaired) electrons. The zero-order chi connectivity index (χ0) is 14.5. The van der Waals surface area contributed by atoms with Crippen molar-refractivity contribution < 1.29 is 10.0 Å². The number of anilines is 2. The fourth-order valence-corrected chi connectivity index (χ4v) is 2.51. The number of non-ortho nitro benzene ring substituents is 1. The van der Waals surface area contributed by atoms with Gasteiger partial charge in [-0.1, -0.05) is 0 Å². The topological polar surface area (TPSA) is 113 Å². The number of aliphatic hydroxyl groups excluding tert-OH is 1. The maximum atomic E-state index is 10.8. The Bertz CT molecular complexity index is 473. The minimum absolute atomic E-state index is 0.00187. The third-order valence-corrected chi connectivity index (χ3v) is 3.71. The number of rotatable bonds is 5. The first-order chi connectivity index (χ1) is 9.58. The predicted molar refractivity (Wildman–Crippen MR) is 77.4 cm³/mol. The highest BCUT2D eigenvalue weighted by Crippen LogP contribution is 2.27. The van der Waals surface area contributed by atoms with Crippen LogP contribution in [-0.2, 0) is 0 Å². The SMILES string of the molecule is NNc1cc(NCC2CCC(O)CC2)cc([N+](=O)[O-])c1. The van der Waals surface area contributed by atoms with Crippen molar-refractivity contribution in [1.29, 1.82) is 0 Å². The second-order valence-electron chi connectivity index (χ2n) is 5.23. The number of nitro benzene ring substituents is 1. The summed E-state index contributed by atoms with van der Waals surface area (Å²) in [7, 11) is 0. The van der Waals surface area contributed by atoms with Crippen molar-refractivity contribution in [3.8, 4) is 0 Å². The highest BCUT2D eigenvalue weighted by atomic mass is 16.6. The molecule has 2 rings (SSSR count). The molecule has 0 spiro atoms. The van der Waals surface area contributed by atoms with Crippen LogP contribution in [0.3, 0.4) is 0 Å². The summed E-state index contributed by atoms with van der Waals surface area (Å²) in [4.78, 5) is 10.4. The van der Waals surface area contributed by atoms with Gasteiger partial charge in [0.2, 0.25) is 0 Å². The van der Waals surface area contributed by atoms with E-state index in [0.717, 1.165) is 32.2 Å². The van der Waals surface area contributed by atoms with Gasteiger partial charge in [0.1, 0.15) is 0 Å². The molecule has 1 aromatic carbocycles. The Labute approximate surface area is 117 Å². The van der Waals surface area contributed by atoms with Crippen LogP contribution in [0, 0.1) is 16.0 Å². The van der Waals surface area contributed by atoms with Crippen LogP contribution in [0.25, 0.3) is 0 Å². The second kappa shape index (κ2) is 6.53. The van der Waals surface area contributed by atoms with E-state index in [2.05, 4.69) is 10.7 Å². The first-order valence-corrected chi connectivity index (χ1v) is 6.76. The number of nitro groups is 1. The maximum absolute atomic E-state index is 10.8. The Balaban J connectivity index is 1.98. The third kappa shape index (κ3) is 3.82. The van der Waals surface area contributed by atoms with Crippen LogP contribution in [0.5, 0.6) is 0 Å². The average molecular weight is 280 g/mol. The van der Waals surface area contributed by atoms with E-state index in [9.17, 15) is 15.2 Å².